The van der Waals surface area contributed by atoms with Gasteiger partial charge in [-0.2, -0.15) is 21.6 Å². The molecule has 6 nitrogen and oxygen atoms in total. The van der Waals surface area contributed by atoms with Crippen LogP contribution in [-0.2, 0) is 10.1 Å². The number of aromatic nitrogens is 2. The summed E-state index contributed by atoms with van der Waals surface area (Å²) in [6.45, 7) is 0. The van der Waals surface area contributed by atoms with Gasteiger partial charge in [0.15, 0.2) is 5.82 Å². The number of hydrogen-bond donors (Lipinski definition) is 1. The summed E-state index contributed by atoms with van der Waals surface area (Å²) < 4.78 is 75.1. The summed E-state index contributed by atoms with van der Waals surface area (Å²) >= 11 is 0. The minimum atomic E-state index is -5.91. The van der Waals surface area contributed by atoms with Crippen LogP contribution in [0.15, 0.2) is 18.3 Å². The molecule has 11 heteroatoms. The van der Waals surface area contributed by atoms with Crippen molar-refractivity contribution >= 4 is 15.6 Å². The van der Waals surface area contributed by atoms with Gasteiger partial charge in [-0.15, -0.1) is 5.10 Å². The molecule has 0 fully saturated rings. The van der Waals surface area contributed by atoms with Gasteiger partial charge in [-0.25, -0.2) is 8.91 Å². The van der Waals surface area contributed by atoms with Gasteiger partial charge in [0.2, 0.25) is 0 Å². The first kappa shape index (κ1) is 13.4. The molecule has 0 aliphatic rings. The Morgan fingerprint density at radius 3 is 2.58 bits per heavy atom. The molecule has 0 saturated heterocycles. The Kier molecular flexibility index (Phi) is 2.81. The van der Waals surface area contributed by atoms with E-state index in [1.807, 2.05) is 0 Å². The van der Waals surface area contributed by atoms with Crippen LogP contribution in [0.3, 0.4) is 0 Å². The average molecular weight is 300 g/mol. The molecule has 0 unspecified atom stereocenters. The fourth-order valence-corrected chi connectivity index (χ4v) is 1.64. The van der Waals surface area contributed by atoms with Crippen LogP contribution < -0.4 is 4.18 Å². The molecule has 0 amide bonds. The molecule has 0 aliphatic carbocycles. The molecule has 19 heavy (non-hydrogen) atoms. The molecule has 0 aromatic carbocycles. The second-order valence-electron chi connectivity index (χ2n) is 3.31. The highest BCUT2D eigenvalue weighted by Gasteiger charge is 2.49. The van der Waals surface area contributed by atoms with Crippen molar-refractivity contribution in [3.8, 4) is 11.6 Å². The van der Waals surface area contributed by atoms with E-state index >= 15 is 0 Å². The number of nitrogens with zero attached hydrogens (tertiary/aromatic N) is 2. The molecule has 2 aromatic rings. The maximum absolute atomic E-state index is 13.1. The fourth-order valence-electron chi connectivity index (χ4n) is 1.24. The summed E-state index contributed by atoms with van der Waals surface area (Å²) in [6.07, 6.45) is 0.970. The molecule has 2 heterocycles. The van der Waals surface area contributed by atoms with Gasteiger partial charge in [0, 0.05) is 12.3 Å². The highest BCUT2D eigenvalue weighted by atomic mass is 32.2. The standard InChI is InChI=1S/C8H4F4N2O4S/c9-4-1-2-14-7(4)5(15)3-6(13-14)18-19(16,17)8(10,11)12/h1-3,15H. The van der Waals surface area contributed by atoms with E-state index in [9.17, 15) is 31.1 Å². The molecule has 0 radical (unpaired) electrons. The minimum absolute atomic E-state index is 0.420. The third-order valence-electron chi connectivity index (χ3n) is 2.01. The second kappa shape index (κ2) is 3.98. The molecule has 0 atom stereocenters. The van der Waals surface area contributed by atoms with Crippen molar-refractivity contribution in [1.82, 2.24) is 9.61 Å². The summed E-state index contributed by atoms with van der Waals surface area (Å²) in [4.78, 5) is 0. The van der Waals surface area contributed by atoms with Crippen molar-refractivity contribution in [2.75, 3.05) is 0 Å². The maximum atomic E-state index is 13.1. The Morgan fingerprint density at radius 1 is 1.37 bits per heavy atom. The summed E-state index contributed by atoms with van der Waals surface area (Å²) in [5.41, 5.74) is -6.06. The maximum Gasteiger partial charge on any atom is 0.534 e. The van der Waals surface area contributed by atoms with Crippen molar-refractivity contribution in [1.29, 1.82) is 0 Å². The fraction of sp³-hybridized carbons (Fsp3) is 0.125. The zero-order valence-corrected chi connectivity index (χ0v) is 9.54. The lowest BCUT2D eigenvalue weighted by Crippen LogP contribution is -2.28. The van der Waals surface area contributed by atoms with Crippen LogP contribution in [0.1, 0.15) is 0 Å². The quantitative estimate of drug-likeness (QED) is 0.515. The van der Waals surface area contributed by atoms with Gasteiger partial charge < -0.3 is 9.29 Å². The average Bonchev–Trinajstić information content (AvgIpc) is 2.58. The number of hydrogen-bond acceptors (Lipinski definition) is 5. The van der Waals surface area contributed by atoms with Gasteiger partial charge in [-0.05, 0) is 6.07 Å². The van der Waals surface area contributed by atoms with Crippen molar-refractivity contribution in [2.45, 2.75) is 5.51 Å². The van der Waals surface area contributed by atoms with E-state index in [0.717, 1.165) is 12.3 Å². The van der Waals surface area contributed by atoms with Gasteiger partial charge in [0.1, 0.15) is 11.3 Å². The summed E-state index contributed by atoms with van der Waals surface area (Å²) in [5.74, 6) is -2.74. The van der Waals surface area contributed by atoms with Gasteiger partial charge in [0.25, 0.3) is 5.88 Å². The highest BCUT2D eigenvalue weighted by Crippen LogP contribution is 2.29. The lowest BCUT2D eigenvalue weighted by atomic mass is 10.4. The van der Waals surface area contributed by atoms with Crippen LogP contribution in [0.25, 0.3) is 5.52 Å². The number of aromatic hydroxyl groups is 1. The predicted molar refractivity (Wildman–Crippen MR) is 52.4 cm³/mol. The zero-order valence-electron chi connectivity index (χ0n) is 8.72. The number of halogens is 4. The normalized spacial score (nSPS) is 12.8. The molecule has 0 spiro atoms. The Labute approximate surface area is 103 Å². The first-order valence-corrected chi connectivity index (χ1v) is 5.90. The number of alkyl halides is 3. The van der Waals surface area contributed by atoms with E-state index in [-0.39, 0.29) is 0 Å². The summed E-state index contributed by atoms with van der Waals surface area (Å²) in [5, 5.41) is 12.6. The Balaban J connectivity index is 2.49. The molecular formula is C8H4F4N2O4S. The minimum Gasteiger partial charge on any atom is -0.505 e. The Morgan fingerprint density at radius 2 is 2.00 bits per heavy atom. The zero-order chi connectivity index (χ0) is 14.4. The van der Waals surface area contributed by atoms with E-state index < -0.39 is 38.6 Å². The Bertz CT molecular complexity index is 737. The van der Waals surface area contributed by atoms with E-state index in [0.29, 0.717) is 10.6 Å². The largest absolute Gasteiger partial charge is 0.534 e. The van der Waals surface area contributed by atoms with Crippen LogP contribution in [0.2, 0.25) is 0 Å². The van der Waals surface area contributed by atoms with E-state index in [1.54, 1.807) is 0 Å². The third kappa shape index (κ3) is 2.28. The first-order chi connectivity index (χ1) is 8.62. The summed E-state index contributed by atoms with van der Waals surface area (Å²) in [6, 6.07) is 1.34. The summed E-state index contributed by atoms with van der Waals surface area (Å²) in [7, 11) is -5.91. The molecule has 0 aliphatic heterocycles. The van der Waals surface area contributed by atoms with Gasteiger partial charge in [0.05, 0.1) is 0 Å². The first-order valence-electron chi connectivity index (χ1n) is 4.49. The molecule has 1 N–H and O–H groups in total. The smallest absolute Gasteiger partial charge is 0.505 e. The highest BCUT2D eigenvalue weighted by molar-refractivity contribution is 7.87. The monoisotopic (exact) mass is 300 g/mol. The van der Waals surface area contributed by atoms with E-state index in [2.05, 4.69) is 9.28 Å². The van der Waals surface area contributed by atoms with Crippen molar-refractivity contribution < 1.29 is 35.3 Å². The SMILES string of the molecule is O=S(=O)(Oc1cc(O)c2c(F)ccn2n1)C(F)(F)F. The third-order valence-corrected chi connectivity index (χ3v) is 2.96. The molecule has 0 bridgehead atoms. The van der Waals surface area contributed by atoms with E-state index in [1.165, 1.54) is 0 Å². The van der Waals surface area contributed by atoms with Crippen LogP contribution in [0, 0.1) is 5.82 Å². The predicted octanol–water partition coefficient (Wildman–Crippen LogP) is 1.41. The van der Waals surface area contributed by atoms with Crippen LogP contribution in [-0.4, -0.2) is 28.6 Å². The van der Waals surface area contributed by atoms with Gasteiger partial charge >= 0.3 is 15.6 Å². The van der Waals surface area contributed by atoms with Crippen LogP contribution in [0.5, 0.6) is 11.6 Å². The second-order valence-corrected chi connectivity index (χ2v) is 4.85. The van der Waals surface area contributed by atoms with Crippen molar-refractivity contribution in [2.24, 2.45) is 0 Å². The van der Waals surface area contributed by atoms with E-state index in [4.69, 9.17) is 0 Å². The van der Waals surface area contributed by atoms with Crippen LogP contribution in [0.4, 0.5) is 17.6 Å². The number of rotatable bonds is 2. The molecule has 2 aromatic heterocycles. The topological polar surface area (TPSA) is 80.9 Å². The molecule has 104 valence electrons. The lowest BCUT2D eigenvalue weighted by molar-refractivity contribution is -0.0501. The molecular weight excluding hydrogens is 296 g/mol. The van der Waals surface area contributed by atoms with Crippen molar-refractivity contribution in [3.63, 3.8) is 0 Å². The van der Waals surface area contributed by atoms with Gasteiger partial charge in [-0.1, -0.05) is 0 Å². The van der Waals surface area contributed by atoms with Gasteiger partial charge in [-0.3, -0.25) is 0 Å². The molecule has 0 saturated carbocycles. The Hall–Kier alpha value is -2.04. The number of fused-ring (bicyclic) bond motifs is 1. The molecule has 2 rings (SSSR count). The van der Waals surface area contributed by atoms with Crippen LogP contribution >= 0.6 is 0 Å². The lowest BCUT2D eigenvalue weighted by Gasteiger charge is -2.09. The van der Waals surface area contributed by atoms with Crippen molar-refractivity contribution in [3.05, 3.63) is 24.1 Å².